The highest BCUT2D eigenvalue weighted by Gasteiger charge is 2.30. The zero-order valence-corrected chi connectivity index (χ0v) is 12.1. The molecule has 22 heavy (non-hydrogen) atoms. The van der Waals surface area contributed by atoms with E-state index in [-0.39, 0.29) is 10.6 Å². The van der Waals surface area contributed by atoms with E-state index in [1.165, 1.54) is 31.4 Å². The van der Waals surface area contributed by atoms with Gasteiger partial charge in [-0.1, -0.05) is 0 Å². The number of ether oxygens (including phenoxy) is 1. The van der Waals surface area contributed by atoms with Crippen molar-refractivity contribution in [2.75, 3.05) is 7.11 Å². The van der Waals surface area contributed by atoms with Gasteiger partial charge in [0.15, 0.2) is 0 Å². The Bertz CT molecular complexity index is 735. The van der Waals surface area contributed by atoms with Crippen molar-refractivity contribution in [2.24, 2.45) is 0 Å². The second kappa shape index (κ2) is 5.88. The summed E-state index contributed by atoms with van der Waals surface area (Å²) in [5.74, 6) is 0.542. The zero-order chi connectivity index (χ0) is 16.4. The Kier molecular flexibility index (Phi) is 4.32. The Morgan fingerprint density at radius 2 is 1.36 bits per heavy atom. The number of halogens is 3. The summed E-state index contributed by atoms with van der Waals surface area (Å²) in [7, 11) is -2.75. The lowest BCUT2D eigenvalue weighted by Crippen LogP contribution is -2.11. The van der Waals surface area contributed by atoms with E-state index in [1.54, 1.807) is 0 Å². The van der Waals surface area contributed by atoms with Crippen LogP contribution in [0.5, 0.6) is 11.5 Å². The third kappa shape index (κ3) is 3.70. The lowest BCUT2D eigenvalue weighted by Gasteiger charge is -2.09. The van der Waals surface area contributed by atoms with Crippen LogP contribution in [0.4, 0.5) is 13.2 Å². The van der Waals surface area contributed by atoms with Gasteiger partial charge in [0.1, 0.15) is 16.4 Å². The second-order valence-corrected chi connectivity index (χ2v) is 5.78. The van der Waals surface area contributed by atoms with E-state index in [9.17, 15) is 21.6 Å². The summed E-state index contributed by atoms with van der Waals surface area (Å²) in [5.41, 5.74) is -0.934. The van der Waals surface area contributed by atoms with E-state index in [0.29, 0.717) is 17.9 Å². The van der Waals surface area contributed by atoms with Crippen molar-refractivity contribution >= 4 is 10.1 Å². The Labute approximate surface area is 125 Å². The molecule has 0 amide bonds. The summed E-state index contributed by atoms with van der Waals surface area (Å²) < 4.78 is 71.1. The molecule has 0 atom stereocenters. The number of benzene rings is 2. The van der Waals surface area contributed by atoms with E-state index in [0.717, 1.165) is 12.1 Å². The molecule has 0 aliphatic carbocycles. The molecular formula is C14H11F3O4S. The highest BCUT2D eigenvalue weighted by molar-refractivity contribution is 7.87. The van der Waals surface area contributed by atoms with Gasteiger partial charge < -0.3 is 8.92 Å². The molecule has 0 saturated heterocycles. The van der Waals surface area contributed by atoms with Crippen LogP contribution in [0.2, 0.25) is 0 Å². The van der Waals surface area contributed by atoms with Crippen molar-refractivity contribution in [2.45, 2.75) is 11.1 Å². The van der Waals surface area contributed by atoms with Gasteiger partial charge in [-0.15, -0.1) is 0 Å². The van der Waals surface area contributed by atoms with Crippen LogP contribution in [-0.2, 0) is 16.3 Å². The number of hydrogen-bond acceptors (Lipinski definition) is 4. The van der Waals surface area contributed by atoms with E-state index < -0.39 is 21.9 Å². The van der Waals surface area contributed by atoms with Gasteiger partial charge in [-0.05, 0) is 48.5 Å². The van der Waals surface area contributed by atoms with Crippen LogP contribution in [-0.4, -0.2) is 15.5 Å². The first-order chi connectivity index (χ1) is 10.2. The van der Waals surface area contributed by atoms with Gasteiger partial charge in [-0.2, -0.15) is 21.6 Å². The van der Waals surface area contributed by atoms with Gasteiger partial charge >= 0.3 is 16.3 Å². The van der Waals surface area contributed by atoms with Gasteiger partial charge in [0.05, 0.1) is 12.7 Å². The van der Waals surface area contributed by atoms with Crippen molar-refractivity contribution in [3.8, 4) is 11.5 Å². The van der Waals surface area contributed by atoms with Crippen LogP contribution in [0.3, 0.4) is 0 Å². The first-order valence-corrected chi connectivity index (χ1v) is 7.39. The highest BCUT2D eigenvalue weighted by atomic mass is 32.2. The quantitative estimate of drug-likeness (QED) is 0.805. The van der Waals surface area contributed by atoms with Crippen molar-refractivity contribution in [1.82, 2.24) is 0 Å². The van der Waals surface area contributed by atoms with Crippen molar-refractivity contribution < 1.29 is 30.5 Å². The lowest BCUT2D eigenvalue weighted by molar-refractivity contribution is -0.137. The summed E-state index contributed by atoms with van der Waals surface area (Å²) in [4.78, 5) is -0.365. The van der Waals surface area contributed by atoms with E-state index in [4.69, 9.17) is 8.92 Å². The summed E-state index contributed by atoms with van der Waals surface area (Å²) in [6.45, 7) is 0. The fraction of sp³-hybridized carbons (Fsp3) is 0.143. The molecule has 0 saturated carbocycles. The maximum Gasteiger partial charge on any atom is 0.416 e. The maximum atomic E-state index is 12.4. The van der Waals surface area contributed by atoms with Crippen LogP contribution in [0.1, 0.15) is 5.56 Å². The van der Waals surface area contributed by atoms with Crippen LogP contribution < -0.4 is 8.92 Å². The Morgan fingerprint density at radius 1 is 0.864 bits per heavy atom. The third-order valence-corrected chi connectivity index (χ3v) is 4.00. The smallest absolute Gasteiger partial charge is 0.416 e. The van der Waals surface area contributed by atoms with E-state index >= 15 is 0 Å². The van der Waals surface area contributed by atoms with E-state index in [2.05, 4.69) is 0 Å². The molecule has 0 aliphatic rings. The summed E-state index contributed by atoms with van der Waals surface area (Å²) in [6, 6.07) is 8.81. The Balaban J connectivity index is 2.22. The summed E-state index contributed by atoms with van der Waals surface area (Å²) >= 11 is 0. The van der Waals surface area contributed by atoms with Gasteiger partial charge in [0.25, 0.3) is 0 Å². The monoisotopic (exact) mass is 332 g/mol. The SMILES string of the molecule is COc1ccc(OS(=O)(=O)c2ccc(C(F)(F)F)cc2)cc1. The number of alkyl halides is 3. The minimum absolute atomic E-state index is 0.0284. The standard InChI is InChI=1S/C14H11F3O4S/c1-20-11-4-6-12(7-5-11)21-22(18,19)13-8-2-10(3-9-13)14(15,16)17/h2-9H,1H3. The highest BCUT2D eigenvalue weighted by Crippen LogP contribution is 2.30. The molecule has 4 nitrogen and oxygen atoms in total. The number of hydrogen-bond donors (Lipinski definition) is 0. The predicted molar refractivity (Wildman–Crippen MR) is 72.3 cm³/mol. The normalized spacial score (nSPS) is 12.0. The largest absolute Gasteiger partial charge is 0.497 e. The van der Waals surface area contributed by atoms with Gasteiger partial charge in [-0.3, -0.25) is 0 Å². The van der Waals surface area contributed by atoms with Crippen LogP contribution in [0.25, 0.3) is 0 Å². The molecule has 0 spiro atoms. The van der Waals surface area contributed by atoms with Crippen molar-refractivity contribution in [3.05, 3.63) is 54.1 Å². The predicted octanol–water partition coefficient (Wildman–Crippen LogP) is 3.48. The molecule has 2 aromatic rings. The molecule has 0 fully saturated rings. The molecule has 118 valence electrons. The van der Waals surface area contributed by atoms with Crippen LogP contribution in [0, 0.1) is 0 Å². The molecule has 0 unspecified atom stereocenters. The molecule has 0 heterocycles. The van der Waals surface area contributed by atoms with Crippen molar-refractivity contribution in [1.29, 1.82) is 0 Å². The first-order valence-electron chi connectivity index (χ1n) is 5.98. The minimum atomic E-state index is -4.53. The summed E-state index contributed by atoms with van der Waals surface area (Å²) in [5, 5.41) is 0. The molecular weight excluding hydrogens is 321 g/mol. The molecule has 0 radical (unpaired) electrons. The fourth-order valence-electron chi connectivity index (χ4n) is 1.62. The molecule has 0 bridgehead atoms. The Morgan fingerprint density at radius 3 is 1.82 bits per heavy atom. The average Bonchev–Trinajstić information content (AvgIpc) is 2.47. The topological polar surface area (TPSA) is 52.6 Å². The average molecular weight is 332 g/mol. The minimum Gasteiger partial charge on any atom is -0.497 e. The van der Waals surface area contributed by atoms with E-state index in [1.807, 2.05) is 0 Å². The lowest BCUT2D eigenvalue weighted by atomic mass is 10.2. The molecule has 0 N–H and O–H groups in total. The zero-order valence-electron chi connectivity index (χ0n) is 11.3. The molecule has 0 aromatic heterocycles. The first kappa shape index (κ1) is 16.2. The summed E-state index contributed by atoms with van der Waals surface area (Å²) in [6.07, 6.45) is -4.53. The number of methoxy groups -OCH3 is 1. The second-order valence-electron chi connectivity index (χ2n) is 4.24. The maximum absolute atomic E-state index is 12.4. The van der Waals surface area contributed by atoms with Gasteiger partial charge in [0.2, 0.25) is 0 Å². The Hall–Kier alpha value is -2.22. The van der Waals surface area contributed by atoms with Crippen LogP contribution in [0.15, 0.2) is 53.4 Å². The molecule has 2 aromatic carbocycles. The van der Waals surface area contributed by atoms with Gasteiger partial charge in [-0.25, -0.2) is 0 Å². The van der Waals surface area contributed by atoms with Crippen molar-refractivity contribution in [3.63, 3.8) is 0 Å². The molecule has 0 aliphatic heterocycles. The molecule has 8 heteroatoms. The van der Waals surface area contributed by atoms with Gasteiger partial charge in [0, 0.05) is 0 Å². The van der Waals surface area contributed by atoms with Crippen LogP contribution >= 0.6 is 0 Å². The fourth-order valence-corrected chi connectivity index (χ4v) is 2.55. The third-order valence-electron chi connectivity index (χ3n) is 2.74. The number of rotatable bonds is 4. The molecule has 2 rings (SSSR count).